The van der Waals surface area contributed by atoms with Gasteiger partial charge in [-0.3, -0.25) is 4.79 Å². The molecule has 9 heteroatoms. The van der Waals surface area contributed by atoms with E-state index in [0.717, 1.165) is 36.3 Å². The van der Waals surface area contributed by atoms with E-state index < -0.39 is 10.0 Å². The van der Waals surface area contributed by atoms with Gasteiger partial charge in [-0.1, -0.05) is 6.07 Å². The Bertz CT molecular complexity index is 766. The van der Waals surface area contributed by atoms with Crippen LogP contribution >= 0.6 is 22.7 Å². The Morgan fingerprint density at radius 1 is 1.36 bits per heavy atom. The SMILES string of the molecule is O=C(CNS(=O)(=O)c1cccs1)N(Cc1ccsc1)CC1CCCO1. The number of carbonyl (C=O) groups excluding carboxylic acids is 1. The monoisotopic (exact) mass is 400 g/mol. The van der Waals surface area contributed by atoms with Gasteiger partial charge >= 0.3 is 0 Å². The topological polar surface area (TPSA) is 75.7 Å². The van der Waals surface area contributed by atoms with Crippen LogP contribution in [0.2, 0.25) is 0 Å². The molecule has 0 saturated carbocycles. The van der Waals surface area contributed by atoms with Gasteiger partial charge in [-0.2, -0.15) is 11.3 Å². The van der Waals surface area contributed by atoms with Crippen LogP contribution in [0.5, 0.6) is 0 Å². The van der Waals surface area contributed by atoms with Crippen LogP contribution in [-0.4, -0.2) is 45.0 Å². The van der Waals surface area contributed by atoms with Crippen LogP contribution < -0.4 is 4.72 Å². The van der Waals surface area contributed by atoms with Crippen LogP contribution in [0.3, 0.4) is 0 Å². The largest absolute Gasteiger partial charge is 0.376 e. The van der Waals surface area contributed by atoms with Gasteiger partial charge in [-0.05, 0) is 46.7 Å². The summed E-state index contributed by atoms with van der Waals surface area (Å²) in [7, 11) is -3.64. The average Bonchev–Trinajstić information content (AvgIpc) is 3.33. The minimum absolute atomic E-state index is 0.0245. The quantitative estimate of drug-likeness (QED) is 0.738. The second-order valence-corrected chi connectivity index (χ2v) is 9.52. The number of rotatable bonds is 8. The molecule has 1 aliphatic heterocycles. The normalized spacial score (nSPS) is 17.7. The van der Waals surface area contributed by atoms with Crippen molar-refractivity contribution < 1.29 is 17.9 Å². The lowest BCUT2D eigenvalue weighted by molar-refractivity contribution is -0.132. The van der Waals surface area contributed by atoms with Crippen LogP contribution in [0.15, 0.2) is 38.5 Å². The highest BCUT2D eigenvalue weighted by Crippen LogP contribution is 2.17. The van der Waals surface area contributed by atoms with Crippen molar-refractivity contribution >= 4 is 38.6 Å². The number of nitrogens with one attached hydrogen (secondary N) is 1. The molecule has 1 aliphatic rings. The van der Waals surface area contributed by atoms with Gasteiger partial charge < -0.3 is 9.64 Å². The van der Waals surface area contributed by atoms with E-state index in [1.54, 1.807) is 27.7 Å². The van der Waals surface area contributed by atoms with Crippen molar-refractivity contribution in [2.45, 2.75) is 29.7 Å². The molecule has 6 nitrogen and oxygen atoms in total. The smallest absolute Gasteiger partial charge is 0.250 e. The third-order valence-corrected chi connectivity index (χ3v) is 7.46. The van der Waals surface area contributed by atoms with E-state index in [4.69, 9.17) is 4.74 Å². The maximum Gasteiger partial charge on any atom is 0.250 e. The van der Waals surface area contributed by atoms with Crippen LogP contribution in [0.4, 0.5) is 0 Å². The fraction of sp³-hybridized carbons (Fsp3) is 0.438. The predicted octanol–water partition coefficient (Wildman–Crippen LogP) is 2.30. The van der Waals surface area contributed by atoms with E-state index in [9.17, 15) is 13.2 Å². The Morgan fingerprint density at radius 3 is 2.88 bits per heavy atom. The molecule has 0 aliphatic carbocycles. The molecule has 2 aromatic heterocycles. The van der Waals surface area contributed by atoms with Crippen LogP contribution in [0, 0.1) is 0 Å². The third-order valence-electron chi connectivity index (χ3n) is 3.93. The van der Waals surface area contributed by atoms with E-state index >= 15 is 0 Å². The standard InChI is InChI=1S/C16H20N2O4S3/c19-15(9-17-25(20,21)16-4-2-7-24-16)18(10-13-5-8-23-12-13)11-14-3-1-6-22-14/h2,4-5,7-8,12,14,17H,1,3,6,9-11H2. The molecule has 3 rings (SSSR count). The number of amides is 1. The first-order chi connectivity index (χ1) is 12.0. The van der Waals surface area contributed by atoms with Crippen molar-refractivity contribution in [3.8, 4) is 0 Å². The minimum atomic E-state index is -3.64. The molecule has 0 bridgehead atoms. The number of hydrogen-bond acceptors (Lipinski definition) is 6. The van der Waals surface area contributed by atoms with E-state index in [1.165, 1.54) is 6.07 Å². The maximum absolute atomic E-state index is 12.6. The van der Waals surface area contributed by atoms with Crippen molar-refractivity contribution in [3.63, 3.8) is 0 Å². The first-order valence-electron chi connectivity index (χ1n) is 7.98. The summed E-state index contributed by atoms with van der Waals surface area (Å²) in [6.45, 7) is 1.41. The van der Waals surface area contributed by atoms with Gasteiger partial charge in [-0.15, -0.1) is 11.3 Å². The Morgan fingerprint density at radius 2 is 2.24 bits per heavy atom. The van der Waals surface area contributed by atoms with Crippen LogP contribution in [0.25, 0.3) is 0 Å². The summed E-state index contributed by atoms with van der Waals surface area (Å²) in [4.78, 5) is 14.3. The summed E-state index contributed by atoms with van der Waals surface area (Å²) in [6, 6.07) is 5.16. The predicted molar refractivity (Wildman–Crippen MR) is 98.2 cm³/mol. The second-order valence-electron chi connectivity index (χ2n) is 5.80. The Hall–Kier alpha value is -1.26. The lowest BCUT2D eigenvalue weighted by Gasteiger charge is -2.25. The Kier molecular flexibility index (Phi) is 6.24. The molecule has 1 unspecified atom stereocenters. The van der Waals surface area contributed by atoms with Gasteiger partial charge in [0.15, 0.2) is 0 Å². The molecule has 2 aromatic rings. The molecular formula is C16H20N2O4S3. The second kappa shape index (κ2) is 8.41. The van der Waals surface area contributed by atoms with Gasteiger partial charge in [-0.25, -0.2) is 13.1 Å². The van der Waals surface area contributed by atoms with E-state index in [0.29, 0.717) is 13.1 Å². The van der Waals surface area contributed by atoms with Crippen LogP contribution in [0.1, 0.15) is 18.4 Å². The lowest BCUT2D eigenvalue weighted by Crippen LogP contribution is -2.42. The highest BCUT2D eigenvalue weighted by Gasteiger charge is 2.24. The molecular weight excluding hydrogens is 380 g/mol. The maximum atomic E-state index is 12.6. The molecule has 1 saturated heterocycles. The molecule has 1 atom stereocenters. The number of sulfonamides is 1. The number of thiophene rings is 2. The lowest BCUT2D eigenvalue weighted by atomic mass is 10.2. The highest BCUT2D eigenvalue weighted by molar-refractivity contribution is 7.91. The zero-order valence-corrected chi connectivity index (χ0v) is 16.0. The van der Waals surface area contributed by atoms with Gasteiger partial charge in [0.1, 0.15) is 4.21 Å². The van der Waals surface area contributed by atoms with Gasteiger partial charge in [0.25, 0.3) is 10.0 Å². The average molecular weight is 401 g/mol. The number of nitrogens with zero attached hydrogens (tertiary/aromatic N) is 1. The number of hydrogen-bond donors (Lipinski definition) is 1. The van der Waals surface area contributed by atoms with E-state index in [-0.39, 0.29) is 22.8 Å². The van der Waals surface area contributed by atoms with Crippen molar-refractivity contribution in [2.75, 3.05) is 19.7 Å². The summed E-state index contributed by atoms with van der Waals surface area (Å²) >= 11 is 2.70. The molecule has 25 heavy (non-hydrogen) atoms. The fourth-order valence-electron chi connectivity index (χ4n) is 2.65. The molecule has 0 aromatic carbocycles. The first kappa shape index (κ1) is 18.5. The molecule has 3 heterocycles. The molecule has 0 spiro atoms. The summed E-state index contributed by atoms with van der Waals surface area (Å²) in [5, 5.41) is 5.64. The Balaban J connectivity index is 1.63. The van der Waals surface area contributed by atoms with Crippen molar-refractivity contribution in [3.05, 3.63) is 39.9 Å². The van der Waals surface area contributed by atoms with Crippen LogP contribution in [-0.2, 0) is 26.1 Å². The molecule has 1 fully saturated rings. The van der Waals surface area contributed by atoms with Gasteiger partial charge in [0.05, 0.1) is 12.6 Å². The first-order valence-corrected chi connectivity index (χ1v) is 11.3. The molecule has 1 N–H and O–H groups in total. The van der Waals surface area contributed by atoms with E-state index in [2.05, 4.69) is 4.72 Å². The minimum Gasteiger partial charge on any atom is -0.376 e. The Labute approximate surface area is 155 Å². The van der Waals surface area contributed by atoms with E-state index in [1.807, 2.05) is 16.8 Å². The third kappa shape index (κ3) is 5.11. The zero-order valence-electron chi connectivity index (χ0n) is 13.6. The van der Waals surface area contributed by atoms with Gasteiger partial charge in [0.2, 0.25) is 5.91 Å². The van der Waals surface area contributed by atoms with Crippen molar-refractivity contribution in [1.29, 1.82) is 0 Å². The zero-order chi connectivity index (χ0) is 17.7. The fourth-order valence-corrected chi connectivity index (χ4v) is 5.32. The summed E-state index contributed by atoms with van der Waals surface area (Å²) in [5.41, 5.74) is 1.04. The van der Waals surface area contributed by atoms with Crippen molar-refractivity contribution in [1.82, 2.24) is 9.62 Å². The molecule has 1 amide bonds. The van der Waals surface area contributed by atoms with Gasteiger partial charge in [0, 0.05) is 19.7 Å². The highest BCUT2D eigenvalue weighted by atomic mass is 32.2. The summed E-state index contributed by atoms with van der Waals surface area (Å²) < 4.78 is 32.6. The number of carbonyl (C=O) groups is 1. The molecule has 136 valence electrons. The summed E-state index contributed by atoms with van der Waals surface area (Å²) in [5.74, 6) is -0.248. The van der Waals surface area contributed by atoms with Crippen molar-refractivity contribution in [2.24, 2.45) is 0 Å². The molecule has 0 radical (unpaired) electrons. The summed E-state index contributed by atoms with van der Waals surface area (Å²) in [6.07, 6.45) is 1.95. The number of ether oxygens (including phenoxy) is 1.